The Labute approximate surface area is 148 Å². The number of pyridine rings is 1. The van der Waals surface area contributed by atoms with E-state index in [-0.39, 0.29) is 12.8 Å². The van der Waals surface area contributed by atoms with E-state index in [0.717, 1.165) is 0 Å². The van der Waals surface area contributed by atoms with Crippen LogP contribution in [-0.2, 0) is 9.59 Å². The fraction of sp³-hybridized carbons (Fsp3) is 0.158. The summed E-state index contributed by atoms with van der Waals surface area (Å²) >= 11 is 0. The second-order valence-electron chi connectivity index (χ2n) is 5.88. The first-order valence-electron chi connectivity index (χ1n) is 8.07. The van der Waals surface area contributed by atoms with Crippen LogP contribution in [0.1, 0.15) is 23.2 Å². The van der Waals surface area contributed by atoms with Gasteiger partial charge in [0.2, 0.25) is 5.91 Å². The van der Waals surface area contributed by atoms with Crippen LogP contribution in [-0.4, -0.2) is 33.9 Å². The third kappa shape index (κ3) is 3.46. The average Bonchev–Trinajstić information content (AvgIpc) is 2.62. The molecule has 2 amide bonds. The number of rotatable bonds is 6. The fourth-order valence-corrected chi connectivity index (χ4v) is 2.87. The van der Waals surface area contributed by atoms with E-state index in [1.54, 1.807) is 36.4 Å². The Morgan fingerprint density at radius 2 is 1.54 bits per heavy atom. The standard InChI is InChI=1S/C19H17N3O4/c20-18(25)15(9-10-16(23)24)22-19(26)17-11-5-1-3-7-13(11)21-14-8-4-2-6-12(14)17/h1-8,15H,9-10H2,(H2,20,25)(H,22,26)(H,23,24)/t15-/m0/s1. The first kappa shape index (κ1) is 17.3. The van der Waals surface area contributed by atoms with E-state index in [0.29, 0.717) is 27.4 Å². The van der Waals surface area contributed by atoms with Crippen molar-refractivity contribution in [3.63, 3.8) is 0 Å². The van der Waals surface area contributed by atoms with Crippen molar-refractivity contribution in [3.8, 4) is 0 Å². The van der Waals surface area contributed by atoms with Crippen molar-refractivity contribution in [3.05, 3.63) is 54.1 Å². The van der Waals surface area contributed by atoms with Crippen molar-refractivity contribution < 1.29 is 19.5 Å². The van der Waals surface area contributed by atoms with Gasteiger partial charge >= 0.3 is 5.97 Å². The number of amides is 2. The number of aromatic nitrogens is 1. The van der Waals surface area contributed by atoms with Crippen LogP contribution < -0.4 is 11.1 Å². The number of carboxylic acids is 1. The summed E-state index contributed by atoms with van der Waals surface area (Å²) < 4.78 is 0. The summed E-state index contributed by atoms with van der Waals surface area (Å²) in [6.07, 6.45) is -0.344. The van der Waals surface area contributed by atoms with Crippen molar-refractivity contribution in [2.45, 2.75) is 18.9 Å². The number of carbonyl (C=O) groups excluding carboxylic acids is 2. The smallest absolute Gasteiger partial charge is 0.303 e. The molecule has 7 nitrogen and oxygen atoms in total. The van der Waals surface area contributed by atoms with E-state index < -0.39 is 23.8 Å². The van der Waals surface area contributed by atoms with Gasteiger partial charge in [-0.05, 0) is 18.6 Å². The molecule has 0 aliphatic carbocycles. The number of hydrogen-bond donors (Lipinski definition) is 3. The summed E-state index contributed by atoms with van der Waals surface area (Å²) in [7, 11) is 0. The molecule has 2 aromatic carbocycles. The molecule has 1 atom stereocenters. The van der Waals surface area contributed by atoms with Crippen molar-refractivity contribution in [1.29, 1.82) is 0 Å². The molecule has 7 heteroatoms. The maximum Gasteiger partial charge on any atom is 0.303 e. The molecule has 4 N–H and O–H groups in total. The van der Waals surface area contributed by atoms with E-state index in [2.05, 4.69) is 10.3 Å². The lowest BCUT2D eigenvalue weighted by Gasteiger charge is -2.16. The van der Waals surface area contributed by atoms with Crippen LogP contribution in [0.4, 0.5) is 0 Å². The summed E-state index contributed by atoms with van der Waals surface area (Å²) in [5.41, 5.74) is 7.00. The molecule has 0 bridgehead atoms. The van der Waals surface area contributed by atoms with Gasteiger partial charge in [-0.3, -0.25) is 14.4 Å². The quantitative estimate of drug-likeness (QED) is 0.585. The number of benzene rings is 2. The van der Waals surface area contributed by atoms with Crippen LogP contribution in [0.5, 0.6) is 0 Å². The summed E-state index contributed by atoms with van der Waals surface area (Å²) in [4.78, 5) is 39.9. The van der Waals surface area contributed by atoms with Gasteiger partial charge in [-0.15, -0.1) is 0 Å². The highest BCUT2D eigenvalue weighted by atomic mass is 16.4. The molecule has 0 radical (unpaired) electrons. The zero-order chi connectivity index (χ0) is 18.7. The highest BCUT2D eigenvalue weighted by Crippen LogP contribution is 2.26. The Morgan fingerprint density at radius 3 is 2.04 bits per heavy atom. The summed E-state index contributed by atoms with van der Waals surface area (Å²) in [6.45, 7) is 0. The Morgan fingerprint density at radius 1 is 1.00 bits per heavy atom. The normalized spacial score (nSPS) is 12.0. The number of para-hydroxylation sites is 2. The average molecular weight is 351 g/mol. The van der Waals surface area contributed by atoms with Crippen LogP contribution in [0.3, 0.4) is 0 Å². The van der Waals surface area contributed by atoms with E-state index in [1.165, 1.54) is 0 Å². The maximum atomic E-state index is 12.9. The van der Waals surface area contributed by atoms with Crippen LogP contribution >= 0.6 is 0 Å². The minimum atomic E-state index is -1.07. The lowest BCUT2D eigenvalue weighted by Crippen LogP contribution is -2.44. The number of nitrogens with zero attached hydrogens (tertiary/aromatic N) is 1. The van der Waals surface area contributed by atoms with E-state index in [1.807, 2.05) is 12.1 Å². The molecule has 1 aromatic heterocycles. The van der Waals surface area contributed by atoms with Gasteiger partial charge in [-0.25, -0.2) is 4.98 Å². The molecule has 0 aliphatic heterocycles. The summed E-state index contributed by atoms with van der Waals surface area (Å²) in [5, 5.41) is 12.7. The van der Waals surface area contributed by atoms with Crippen molar-refractivity contribution >= 4 is 39.6 Å². The second-order valence-corrected chi connectivity index (χ2v) is 5.88. The molecule has 3 rings (SSSR count). The Balaban J connectivity index is 2.05. The molecule has 3 aromatic rings. The zero-order valence-electron chi connectivity index (χ0n) is 13.8. The molecular weight excluding hydrogens is 334 g/mol. The Kier molecular flexibility index (Phi) is 4.79. The van der Waals surface area contributed by atoms with Gasteiger partial charge in [0.1, 0.15) is 6.04 Å². The molecule has 0 fully saturated rings. The predicted molar refractivity (Wildman–Crippen MR) is 96.6 cm³/mol. The van der Waals surface area contributed by atoms with E-state index >= 15 is 0 Å². The third-order valence-electron chi connectivity index (χ3n) is 4.11. The van der Waals surface area contributed by atoms with Gasteiger partial charge in [-0.2, -0.15) is 0 Å². The van der Waals surface area contributed by atoms with Crippen LogP contribution in [0, 0.1) is 0 Å². The van der Waals surface area contributed by atoms with Gasteiger partial charge in [0.15, 0.2) is 0 Å². The van der Waals surface area contributed by atoms with E-state index in [4.69, 9.17) is 10.8 Å². The van der Waals surface area contributed by atoms with Crippen LogP contribution in [0.25, 0.3) is 21.8 Å². The number of primary amides is 1. The number of fused-ring (bicyclic) bond motifs is 2. The first-order valence-corrected chi connectivity index (χ1v) is 8.07. The SMILES string of the molecule is NC(=O)[C@H](CCC(=O)O)NC(=O)c1c2ccccc2nc2ccccc12. The van der Waals surface area contributed by atoms with Gasteiger partial charge in [0, 0.05) is 17.2 Å². The Bertz CT molecular complexity index is 962. The minimum absolute atomic E-state index is 0.0721. The summed E-state index contributed by atoms with van der Waals surface area (Å²) in [5.74, 6) is -2.33. The van der Waals surface area contributed by atoms with E-state index in [9.17, 15) is 14.4 Å². The fourth-order valence-electron chi connectivity index (χ4n) is 2.87. The minimum Gasteiger partial charge on any atom is -0.481 e. The first-order chi connectivity index (χ1) is 12.5. The molecule has 0 aliphatic rings. The predicted octanol–water partition coefficient (Wildman–Crippen LogP) is 1.84. The van der Waals surface area contributed by atoms with Crippen molar-refractivity contribution in [2.75, 3.05) is 0 Å². The maximum absolute atomic E-state index is 12.9. The molecule has 26 heavy (non-hydrogen) atoms. The monoisotopic (exact) mass is 351 g/mol. The number of aliphatic carboxylic acids is 1. The molecule has 0 unspecified atom stereocenters. The van der Waals surface area contributed by atoms with Gasteiger partial charge in [0.05, 0.1) is 16.6 Å². The highest BCUT2D eigenvalue weighted by molar-refractivity contribution is 6.16. The van der Waals surface area contributed by atoms with Gasteiger partial charge in [-0.1, -0.05) is 36.4 Å². The highest BCUT2D eigenvalue weighted by Gasteiger charge is 2.23. The molecule has 1 heterocycles. The Hall–Kier alpha value is -3.48. The number of carbonyl (C=O) groups is 3. The second kappa shape index (κ2) is 7.18. The van der Waals surface area contributed by atoms with Crippen molar-refractivity contribution in [1.82, 2.24) is 10.3 Å². The zero-order valence-corrected chi connectivity index (χ0v) is 13.8. The number of carboxylic acid groups (broad SMARTS) is 1. The van der Waals surface area contributed by atoms with Gasteiger partial charge < -0.3 is 16.2 Å². The lowest BCUT2D eigenvalue weighted by atomic mass is 10.0. The molecule has 0 saturated carbocycles. The largest absolute Gasteiger partial charge is 0.481 e. The van der Waals surface area contributed by atoms with Crippen molar-refractivity contribution in [2.24, 2.45) is 5.73 Å². The van der Waals surface area contributed by atoms with Crippen LogP contribution in [0.15, 0.2) is 48.5 Å². The lowest BCUT2D eigenvalue weighted by molar-refractivity contribution is -0.137. The third-order valence-corrected chi connectivity index (χ3v) is 4.11. The number of nitrogens with one attached hydrogen (secondary N) is 1. The summed E-state index contributed by atoms with van der Waals surface area (Å²) in [6, 6.07) is 13.3. The molecule has 132 valence electrons. The number of nitrogens with two attached hydrogens (primary N) is 1. The van der Waals surface area contributed by atoms with Crippen LogP contribution in [0.2, 0.25) is 0 Å². The molecular formula is C19H17N3O4. The topological polar surface area (TPSA) is 122 Å². The molecule has 0 spiro atoms. The number of hydrogen-bond acceptors (Lipinski definition) is 4. The van der Waals surface area contributed by atoms with Gasteiger partial charge in [0.25, 0.3) is 5.91 Å². The molecule has 0 saturated heterocycles.